The number of furan rings is 1. The van der Waals surface area contributed by atoms with Crippen LogP contribution in [-0.2, 0) is 0 Å². The SMILES string of the molecule is CN1CCC[C@H]1[C@H]1CCCN1C(=O)c1cc2ccccc2o1. The number of para-hydroxylation sites is 1. The zero-order valence-corrected chi connectivity index (χ0v) is 13.0. The Balaban J connectivity index is 1.60. The van der Waals surface area contributed by atoms with Crippen LogP contribution in [0, 0.1) is 0 Å². The Kier molecular flexibility index (Phi) is 3.41. The molecule has 2 aromatic rings. The van der Waals surface area contributed by atoms with E-state index in [9.17, 15) is 4.79 Å². The van der Waals surface area contributed by atoms with E-state index in [4.69, 9.17) is 4.42 Å². The maximum absolute atomic E-state index is 12.9. The van der Waals surface area contributed by atoms with E-state index < -0.39 is 0 Å². The van der Waals surface area contributed by atoms with Crippen molar-refractivity contribution in [1.29, 1.82) is 0 Å². The van der Waals surface area contributed by atoms with E-state index in [2.05, 4.69) is 11.9 Å². The molecule has 2 aliphatic heterocycles. The van der Waals surface area contributed by atoms with Crippen LogP contribution in [0.2, 0.25) is 0 Å². The lowest BCUT2D eigenvalue weighted by molar-refractivity contribution is 0.0635. The number of carbonyl (C=O) groups excluding carboxylic acids is 1. The molecule has 0 N–H and O–H groups in total. The summed E-state index contributed by atoms with van der Waals surface area (Å²) in [5, 5.41) is 1.000. The fourth-order valence-corrected chi connectivity index (χ4v) is 4.10. The molecule has 0 aliphatic carbocycles. The van der Waals surface area contributed by atoms with Gasteiger partial charge in [0.2, 0.25) is 0 Å². The Labute approximate surface area is 130 Å². The molecule has 2 atom stereocenters. The van der Waals surface area contributed by atoms with E-state index in [0.717, 1.165) is 36.9 Å². The highest BCUT2D eigenvalue weighted by atomic mass is 16.3. The highest BCUT2D eigenvalue weighted by molar-refractivity contribution is 5.96. The second-order valence-electron chi connectivity index (χ2n) is 6.55. The molecule has 2 fully saturated rings. The van der Waals surface area contributed by atoms with Crippen LogP contribution >= 0.6 is 0 Å². The summed E-state index contributed by atoms with van der Waals surface area (Å²) in [5.74, 6) is 0.535. The zero-order valence-electron chi connectivity index (χ0n) is 13.0. The number of carbonyl (C=O) groups is 1. The molecule has 0 bridgehead atoms. The summed E-state index contributed by atoms with van der Waals surface area (Å²) >= 11 is 0. The predicted molar refractivity (Wildman–Crippen MR) is 85.9 cm³/mol. The highest BCUT2D eigenvalue weighted by Gasteiger charge is 2.39. The largest absolute Gasteiger partial charge is 0.451 e. The minimum atomic E-state index is 0.0546. The number of likely N-dealkylation sites (tertiary alicyclic amines) is 2. The van der Waals surface area contributed by atoms with Crippen molar-refractivity contribution in [3.05, 3.63) is 36.1 Å². The quantitative estimate of drug-likeness (QED) is 0.854. The third-order valence-corrected chi connectivity index (χ3v) is 5.22. The minimum absolute atomic E-state index is 0.0546. The molecular formula is C18H22N2O2. The van der Waals surface area contributed by atoms with Gasteiger partial charge in [-0.25, -0.2) is 0 Å². The lowest BCUT2D eigenvalue weighted by Crippen LogP contribution is -2.47. The average Bonchev–Trinajstić information content (AvgIpc) is 3.24. The number of nitrogens with zero attached hydrogens (tertiary/aromatic N) is 2. The number of hydrogen-bond acceptors (Lipinski definition) is 3. The molecule has 4 nitrogen and oxygen atoms in total. The zero-order chi connectivity index (χ0) is 15.1. The molecule has 0 unspecified atom stereocenters. The van der Waals surface area contributed by atoms with E-state index in [1.54, 1.807) is 0 Å². The summed E-state index contributed by atoms with van der Waals surface area (Å²) < 4.78 is 5.78. The van der Waals surface area contributed by atoms with Gasteiger partial charge in [-0.3, -0.25) is 4.79 Å². The van der Waals surface area contributed by atoms with Gasteiger partial charge < -0.3 is 14.2 Å². The monoisotopic (exact) mass is 298 g/mol. The van der Waals surface area contributed by atoms with E-state index in [1.807, 2.05) is 35.2 Å². The van der Waals surface area contributed by atoms with E-state index in [1.165, 1.54) is 12.8 Å². The first-order valence-corrected chi connectivity index (χ1v) is 8.24. The van der Waals surface area contributed by atoms with Gasteiger partial charge in [-0.05, 0) is 51.4 Å². The van der Waals surface area contributed by atoms with Crippen LogP contribution in [-0.4, -0.2) is 47.9 Å². The first-order valence-electron chi connectivity index (χ1n) is 8.24. The smallest absolute Gasteiger partial charge is 0.289 e. The molecule has 4 rings (SSSR count). The fraction of sp³-hybridized carbons (Fsp3) is 0.500. The van der Waals surface area contributed by atoms with Crippen LogP contribution in [0.1, 0.15) is 36.2 Å². The van der Waals surface area contributed by atoms with Crippen LogP contribution in [0.25, 0.3) is 11.0 Å². The van der Waals surface area contributed by atoms with Crippen molar-refractivity contribution in [2.45, 2.75) is 37.8 Å². The highest BCUT2D eigenvalue weighted by Crippen LogP contribution is 2.31. The summed E-state index contributed by atoms with van der Waals surface area (Å²) in [4.78, 5) is 17.4. The Morgan fingerprint density at radius 3 is 2.68 bits per heavy atom. The van der Waals surface area contributed by atoms with Crippen molar-refractivity contribution in [2.75, 3.05) is 20.1 Å². The van der Waals surface area contributed by atoms with Crippen molar-refractivity contribution in [3.63, 3.8) is 0 Å². The lowest BCUT2D eigenvalue weighted by Gasteiger charge is -2.32. The van der Waals surface area contributed by atoms with Gasteiger partial charge in [0.1, 0.15) is 5.58 Å². The maximum atomic E-state index is 12.9. The first-order chi connectivity index (χ1) is 10.7. The molecule has 2 aliphatic rings. The molecule has 0 radical (unpaired) electrons. The van der Waals surface area contributed by atoms with Gasteiger partial charge in [0, 0.05) is 24.0 Å². The van der Waals surface area contributed by atoms with Crippen LogP contribution in [0.5, 0.6) is 0 Å². The summed E-state index contributed by atoms with van der Waals surface area (Å²) in [5.41, 5.74) is 0.791. The topological polar surface area (TPSA) is 36.7 Å². The molecule has 0 spiro atoms. The molecule has 0 saturated carbocycles. The van der Waals surface area contributed by atoms with Crippen molar-refractivity contribution in [1.82, 2.24) is 9.80 Å². The summed E-state index contributed by atoms with van der Waals surface area (Å²) in [6, 6.07) is 10.5. The fourth-order valence-electron chi connectivity index (χ4n) is 4.10. The van der Waals surface area contributed by atoms with Crippen molar-refractivity contribution in [3.8, 4) is 0 Å². The maximum Gasteiger partial charge on any atom is 0.289 e. The second kappa shape index (κ2) is 5.43. The molecular weight excluding hydrogens is 276 g/mol. The van der Waals surface area contributed by atoms with Gasteiger partial charge in [0.15, 0.2) is 5.76 Å². The van der Waals surface area contributed by atoms with Crippen molar-refractivity contribution >= 4 is 16.9 Å². The minimum Gasteiger partial charge on any atom is -0.451 e. The number of rotatable bonds is 2. The van der Waals surface area contributed by atoms with Crippen molar-refractivity contribution in [2.24, 2.45) is 0 Å². The Morgan fingerprint density at radius 1 is 1.14 bits per heavy atom. The molecule has 116 valence electrons. The Hall–Kier alpha value is -1.81. The van der Waals surface area contributed by atoms with Gasteiger partial charge in [-0.1, -0.05) is 18.2 Å². The predicted octanol–water partition coefficient (Wildman–Crippen LogP) is 3.13. The van der Waals surface area contributed by atoms with E-state index >= 15 is 0 Å². The second-order valence-corrected chi connectivity index (χ2v) is 6.55. The van der Waals surface area contributed by atoms with Gasteiger partial charge >= 0.3 is 0 Å². The van der Waals surface area contributed by atoms with Gasteiger partial charge in [-0.15, -0.1) is 0 Å². The number of amides is 1. The molecule has 1 aromatic heterocycles. The van der Waals surface area contributed by atoms with Gasteiger partial charge in [-0.2, -0.15) is 0 Å². The van der Waals surface area contributed by atoms with Crippen LogP contribution < -0.4 is 0 Å². The van der Waals surface area contributed by atoms with Crippen molar-refractivity contribution < 1.29 is 9.21 Å². The van der Waals surface area contributed by atoms with Gasteiger partial charge in [0.25, 0.3) is 5.91 Å². The molecule has 22 heavy (non-hydrogen) atoms. The number of hydrogen-bond donors (Lipinski definition) is 0. The van der Waals surface area contributed by atoms with Crippen LogP contribution in [0.15, 0.2) is 34.7 Å². The van der Waals surface area contributed by atoms with E-state index in [0.29, 0.717) is 17.8 Å². The lowest BCUT2D eigenvalue weighted by atomic mass is 10.0. The van der Waals surface area contributed by atoms with Crippen LogP contribution in [0.3, 0.4) is 0 Å². The van der Waals surface area contributed by atoms with E-state index in [-0.39, 0.29) is 5.91 Å². The summed E-state index contributed by atoms with van der Waals surface area (Å²) in [7, 11) is 2.18. The number of likely N-dealkylation sites (N-methyl/N-ethyl adjacent to an activating group) is 1. The molecule has 3 heterocycles. The van der Waals surface area contributed by atoms with Gasteiger partial charge in [0.05, 0.1) is 0 Å². The normalized spacial score (nSPS) is 26.1. The molecule has 2 saturated heterocycles. The molecule has 1 aromatic carbocycles. The average molecular weight is 298 g/mol. The molecule has 4 heteroatoms. The number of benzene rings is 1. The third kappa shape index (κ3) is 2.22. The summed E-state index contributed by atoms with van der Waals surface area (Å²) in [6.45, 7) is 2.00. The first kappa shape index (κ1) is 13.8. The van der Waals surface area contributed by atoms with Crippen LogP contribution in [0.4, 0.5) is 0 Å². The molecule has 1 amide bonds. The number of fused-ring (bicyclic) bond motifs is 1. The Bertz CT molecular complexity index is 660. The standard InChI is InChI=1S/C18H22N2O2/c1-19-10-4-7-14(19)15-8-5-11-20(15)18(21)17-12-13-6-2-3-9-16(13)22-17/h2-3,6,9,12,14-15H,4-5,7-8,10-11H2,1H3/t14-,15+/m0/s1. The summed E-state index contributed by atoms with van der Waals surface area (Å²) in [6.07, 6.45) is 4.65. The third-order valence-electron chi connectivity index (χ3n) is 5.22. The Morgan fingerprint density at radius 2 is 1.91 bits per heavy atom.